The molecule has 0 fully saturated rings. The molecule has 4 heteroatoms. The Balaban J connectivity index is 2.48. The summed E-state index contributed by atoms with van der Waals surface area (Å²) in [6.07, 6.45) is 5.55. The summed E-state index contributed by atoms with van der Waals surface area (Å²) in [5, 5.41) is 3.47. The fraction of sp³-hybridized carbons (Fsp3) is 0. The zero-order valence-corrected chi connectivity index (χ0v) is 10.9. The standard InChI is InChI=1S/C14H8BrN3/c15-13-8-17-14-10-4-2-1-3-9(10)11-7-16-6-5-12(11)18(13)14/h1-8H. The van der Waals surface area contributed by atoms with Crippen molar-refractivity contribution in [1.82, 2.24) is 14.4 Å². The lowest BCUT2D eigenvalue weighted by molar-refractivity contribution is 1.22. The highest BCUT2D eigenvalue weighted by molar-refractivity contribution is 9.10. The first-order valence-corrected chi connectivity index (χ1v) is 6.43. The Kier molecular flexibility index (Phi) is 1.96. The monoisotopic (exact) mass is 297 g/mol. The van der Waals surface area contributed by atoms with Crippen molar-refractivity contribution in [3.8, 4) is 0 Å². The van der Waals surface area contributed by atoms with E-state index in [1.54, 1.807) is 0 Å². The predicted molar refractivity (Wildman–Crippen MR) is 75.7 cm³/mol. The normalized spacial score (nSPS) is 11.6. The van der Waals surface area contributed by atoms with E-state index in [0.29, 0.717) is 0 Å². The summed E-state index contributed by atoms with van der Waals surface area (Å²) in [5.41, 5.74) is 2.08. The highest BCUT2D eigenvalue weighted by Gasteiger charge is 2.10. The van der Waals surface area contributed by atoms with Crippen molar-refractivity contribution in [2.75, 3.05) is 0 Å². The molecule has 18 heavy (non-hydrogen) atoms. The minimum atomic E-state index is 0.958. The minimum Gasteiger partial charge on any atom is -0.286 e. The maximum atomic E-state index is 4.49. The summed E-state index contributed by atoms with van der Waals surface area (Å²) in [6, 6.07) is 10.3. The van der Waals surface area contributed by atoms with Crippen molar-refractivity contribution in [3.63, 3.8) is 0 Å². The van der Waals surface area contributed by atoms with Gasteiger partial charge < -0.3 is 0 Å². The molecule has 0 unspecified atom stereocenters. The molecule has 4 aromatic rings. The van der Waals surface area contributed by atoms with Crippen LogP contribution in [-0.4, -0.2) is 14.4 Å². The van der Waals surface area contributed by atoms with Crippen molar-refractivity contribution in [3.05, 3.63) is 53.5 Å². The Morgan fingerprint density at radius 2 is 1.78 bits per heavy atom. The molecule has 3 aromatic heterocycles. The van der Waals surface area contributed by atoms with Crippen LogP contribution in [-0.2, 0) is 0 Å². The van der Waals surface area contributed by atoms with Gasteiger partial charge in [-0.2, -0.15) is 0 Å². The van der Waals surface area contributed by atoms with Crippen LogP contribution in [0.2, 0.25) is 0 Å². The Morgan fingerprint density at radius 1 is 0.944 bits per heavy atom. The van der Waals surface area contributed by atoms with E-state index in [4.69, 9.17) is 0 Å². The van der Waals surface area contributed by atoms with Crippen LogP contribution in [0.5, 0.6) is 0 Å². The molecule has 4 rings (SSSR count). The lowest BCUT2D eigenvalue weighted by Crippen LogP contribution is -1.91. The van der Waals surface area contributed by atoms with Crippen LogP contribution in [0.3, 0.4) is 0 Å². The molecular weight excluding hydrogens is 290 g/mol. The molecule has 0 bridgehead atoms. The summed E-state index contributed by atoms with van der Waals surface area (Å²) in [6.45, 7) is 0. The van der Waals surface area contributed by atoms with Gasteiger partial charge >= 0.3 is 0 Å². The van der Waals surface area contributed by atoms with Gasteiger partial charge in [-0.05, 0) is 27.4 Å². The highest BCUT2D eigenvalue weighted by Crippen LogP contribution is 2.30. The third-order valence-electron chi connectivity index (χ3n) is 3.22. The van der Waals surface area contributed by atoms with Crippen molar-refractivity contribution in [1.29, 1.82) is 0 Å². The zero-order valence-electron chi connectivity index (χ0n) is 9.34. The number of rotatable bonds is 0. The Labute approximate surface area is 111 Å². The Morgan fingerprint density at radius 3 is 2.67 bits per heavy atom. The molecule has 1 aromatic carbocycles. The molecule has 0 atom stereocenters. The van der Waals surface area contributed by atoms with Crippen LogP contribution in [0.15, 0.2) is 53.5 Å². The molecule has 3 heterocycles. The quantitative estimate of drug-likeness (QED) is 0.462. The van der Waals surface area contributed by atoms with Crippen molar-refractivity contribution in [2.45, 2.75) is 0 Å². The minimum absolute atomic E-state index is 0.958. The van der Waals surface area contributed by atoms with Crippen LogP contribution >= 0.6 is 15.9 Å². The fourth-order valence-electron chi connectivity index (χ4n) is 2.45. The lowest BCUT2D eigenvalue weighted by atomic mass is 10.1. The number of halogens is 1. The lowest BCUT2D eigenvalue weighted by Gasteiger charge is -2.07. The van der Waals surface area contributed by atoms with E-state index in [2.05, 4.69) is 42.4 Å². The van der Waals surface area contributed by atoms with E-state index in [-0.39, 0.29) is 0 Å². The number of imidazole rings is 1. The highest BCUT2D eigenvalue weighted by atomic mass is 79.9. The Hall–Kier alpha value is -1.94. The summed E-state index contributed by atoms with van der Waals surface area (Å²) >= 11 is 3.55. The number of aromatic nitrogens is 3. The molecule has 0 saturated carbocycles. The third kappa shape index (κ3) is 1.18. The summed E-state index contributed by atoms with van der Waals surface area (Å²) < 4.78 is 3.07. The second-order valence-corrected chi connectivity index (χ2v) is 4.99. The molecule has 0 aliphatic carbocycles. The smallest absolute Gasteiger partial charge is 0.146 e. The van der Waals surface area contributed by atoms with Gasteiger partial charge in [0.05, 0.1) is 11.7 Å². The maximum absolute atomic E-state index is 4.49. The van der Waals surface area contributed by atoms with Crippen LogP contribution in [0.4, 0.5) is 0 Å². The number of nitrogens with zero attached hydrogens (tertiary/aromatic N) is 3. The number of hydrogen-bond acceptors (Lipinski definition) is 2. The van der Waals surface area contributed by atoms with E-state index in [0.717, 1.165) is 26.5 Å². The molecule has 0 aliphatic heterocycles. The van der Waals surface area contributed by atoms with Gasteiger partial charge in [-0.15, -0.1) is 0 Å². The average Bonchev–Trinajstić information content (AvgIpc) is 2.82. The average molecular weight is 298 g/mol. The number of pyridine rings is 2. The first kappa shape index (κ1) is 10.0. The van der Waals surface area contributed by atoms with E-state index in [9.17, 15) is 0 Å². The van der Waals surface area contributed by atoms with E-state index < -0.39 is 0 Å². The van der Waals surface area contributed by atoms with Gasteiger partial charge in [0.1, 0.15) is 10.3 Å². The SMILES string of the molecule is Brc1cnc2c3ccccc3c3cnccc3n12. The zero-order chi connectivity index (χ0) is 12.1. The molecular formula is C14H8BrN3. The van der Waals surface area contributed by atoms with E-state index in [1.165, 1.54) is 5.39 Å². The topological polar surface area (TPSA) is 30.2 Å². The predicted octanol–water partition coefficient (Wildman–Crippen LogP) is 3.80. The van der Waals surface area contributed by atoms with Crippen molar-refractivity contribution in [2.24, 2.45) is 0 Å². The fourth-order valence-corrected chi connectivity index (χ4v) is 2.91. The molecule has 0 saturated heterocycles. The van der Waals surface area contributed by atoms with Gasteiger partial charge in [-0.3, -0.25) is 9.38 Å². The molecule has 0 spiro atoms. The van der Waals surface area contributed by atoms with E-state index in [1.807, 2.05) is 36.8 Å². The molecule has 86 valence electrons. The second kappa shape index (κ2) is 3.53. The van der Waals surface area contributed by atoms with E-state index >= 15 is 0 Å². The molecule has 0 radical (unpaired) electrons. The summed E-state index contributed by atoms with van der Waals surface area (Å²) in [5.74, 6) is 0. The van der Waals surface area contributed by atoms with Crippen molar-refractivity contribution >= 4 is 43.3 Å². The Bertz CT molecular complexity index is 895. The van der Waals surface area contributed by atoms with Gasteiger partial charge in [-0.1, -0.05) is 24.3 Å². The van der Waals surface area contributed by atoms with Gasteiger partial charge in [0, 0.05) is 23.2 Å². The first-order chi connectivity index (χ1) is 8.86. The molecule has 0 aliphatic rings. The molecule has 0 amide bonds. The van der Waals surface area contributed by atoms with Crippen molar-refractivity contribution < 1.29 is 0 Å². The van der Waals surface area contributed by atoms with Gasteiger partial charge in [0.15, 0.2) is 0 Å². The number of fused-ring (bicyclic) bond motifs is 6. The first-order valence-electron chi connectivity index (χ1n) is 5.63. The van der Waals surface area contributed by atoms with Gasteiger partial charge in [0.2, 0.25) is 0 Å². The third-order valence-corrected chi connectivity index (χ3v) is 3.78. The number of hydrogen-bond donors (Lipinski definition) is 0. The number of benzene rings is 1. The molecule has 0 N–H and O–H groups in total. The van der Waals surface area contributed by atoms with Crippen LogP contribution < -0.4 is 0 Å². The van der Waals surface area contributed by atoms with Crippen LogP contribution in [0, 0.1) is 0 Å². The molecule has 3 nitrogen and oxygen atoms in total. The summed E-state index contributed by atoms with van der Waals surface area (Å²) in [4.78, 5) is 8.73. The van der Waals surface area contributed by atoms with Crippen LogP contribution in [0.25, 0.3) is 27.3 Å². The van der Waals surface area contributed by atoms with Gasteiger partial charge in [-0.25, -0.2) is 4.98 Å². The van der Waals surface area contributed by atoms with Crippen LogP contribution in [0.1, 0.15) is 0 Å². The second-order valence-electron chi connectivity index (χ2n) is 4.18. The largest absolute Gasteiger partial charge is 0.286 e. The maximum Gasteiger partial charge on any atom is 0.146 e. The summed E-state index contributed by atoms with van der Waals surface area (Å²) in [7, 11) is 0. The van der Waals surface area contributed by atoms with Gasteiger partial charge in [0.25, 0.3) is 0 Å².